The summed E-state index contributed by atoms with van der Waals surface area (Å²) < 4.78 is 61.1. The Labute approximate surface area is 221 Å². The van der Waals surface area contributed by atoms with Crippen molar-refractivity contribution in [2.75, 3.05) is 13.2 Å². The van der Waals surface area contributed by atoms with Gasteiger partial charge in [-0.2, -0.15) is 0 Å². The summed E-state index contributed by atoms with van der Waals surface area (Å²) >= 11 is 0. The summed E-state index contributed by atoms with van der Waals surface area (Å²) in [6, 6.07) is 21.5. The number of hydrogen-bond donors (Lipinski definition) is 0. The van der Waals surface area contributed by atoms with Gasteiger partial charge in [-0.1, -0.05) is 62.7 Å². The molecule has 0 unspecified atom stereocenters. The van der Waals surface area contributed by atoms with Crippen molar-refractivity contribution in [3.05, 3.63) is 102 Å². The molecular formula is C32H31F3O3. The molecule has 0 spiro atoms. The Bertz CT molecular complexity index is 1340. The zero-order valence-corrected chi connectivity index (χ0v) is 21.6. The van der Waals surface area contributed by atoms with Gasteiger partial charge in [0.15, 0.2) is 23.2 Å². The van der Waals surface area contributed by atoms with Gasteiger partial charge in [0, 0.05) is 11.1 Å². The van der Waals surface area contributed by atoms with E-state index in [2.05, 4.69) is 0 Å². The van der Waals surface area contributed by atoms with Crippen molar-refractivity contribution in [1.82, 2.24) is 0 Å². The number of ether oxygens (including phenoxy) is 3. The summed E-state index contributed by atoms with van der Waals surface area (Å²) in [6.07, 6.45) is 2.73. The molecule has 0 radical (unpaired) electrons. The number of rotatable bonds is 12. The van der Waals surface area contributed by atoms with Crippen LogP contribution in [0.15, 0.2) is 78.9 Å². The molecule has 38 heavy (non-hydrogen) atoms. The highest BCUT2D eigenvalue weighted by Crippen LogP contribution is 2.33. The van der Waals surface area contributed by atoms with Crippen LogP contribution in [0.4, 0.5) is 13.2 Å². The molecule has 0 atom stereocenters. The third-order valence-electron chi connectivity index (χ3n) is 6.04. The van der Waals surface area contributed by atoms with Crippen LogP contribution >= 0.6 is 0 Å². The average Bonchev–Trinajstić information content (AvgIpc) is 2.94. The highest BCUT2D eigenvalue weighted by Gasteiger charge is 2.16. The van der Waals surface area contributed by atoms with Gasteiger partial charge in [-0.15, -0.1) is 0 Å². The Morgan fingerprint density at radius 3 is 1.68 bits per heavy atom. The highest BCUT2D eigenvalue weighted by atomic mass is 19.2. The number of hydrogen-bond acceptors (Lipinski definition) is 3. The van der Waals surface area contributed by atoms with Crippen LogP contribution in [0, 0.1) is 17.5 Å². The van der Waals surface area contributed by atoms with Crippen LogP contribution in [-0.4, -0.2) is 13.2 Å². The Balaban J connectivity index is 1.41. The standard InChI is InChI=1S/C32H31F3O3/c1-3-5-19-37-30-17-6-22(20-29(30)33)21-38-26-13-9-24(10-14-26)28-16-15-27(31(34)32(28)35)23-7-11-25(12-8-23)36-18-4-2/h6-17,20H,3-5,18-19,21H2,1-2H3. The van der Waals surface area contributed by atoms with Gasteiger partial charge in [0.05, 0.1) is 13.2 Å². The van der Waals surface area contributed by atoms with Crippen molar-refractivity contribution >= 4 is 0 Å². The first-order chi connectivity index (χ1) is 18.5. The third-order valence-corrected chi connectivity index (χ3v) is 6.04. The maximum Gasteiger partial charge on any atom is 0.167 e. The fourth-order valence-corrected chi connectivity index (χ4v) is 3.92. The Kier molecular flexibility index (Phi) is 9.30. The van der Waals surface area contributed by atoms with Gasteiger partial charge in [-0.3, -0.25) is 0 Å². The number of halogens is 3. The second kappa shape index (κ2) is 13.0. The van der Waals surface area contributed by atoms with Crippen molar-refractivity contribution in [1.29, 1.82) is 0 Å². The average molecular weight is 521 g/mol. The molecule has 4 aromatic carbocycles. The summed E-state index contributed by atoms with van der Waals surface area (Å²) in [5.74, 6) is -0.813. The molecule has 6 heteroatoms. The van der Waals surface area contributed by atoms with Gasteiger partial charge in [0.25, 0.3) is 0 Å². The Hall–Kier alpha value is -3.93. The highest BCUT2D eigenvalue weighted by molar-refractivity contribution is 5.72. The zero-order chi connectivity index (χ0) is 26.9. The van der Waals surface area contributed by atoms with Gasteiger partial charge in [0.1, 0.15) is 18.1 Å². The minimum Gasteiger partial charge on any atom is -0.494 e. The molecule has 0 bridgehead atoms. The van der Waals surface area contributed by atoms with E-state index in [0.29, 0.717) is 41.4 Å². The van der Waals surface area contributed by atoms with Crippen LogP contribution in [0.25, 0.3) is 22.3 Å². The topological polar surface area (TPSA) is 27.7 Å². The van der Waals surface area contributed by atoms with E-state index in [1.807, 2.05) is 13.8 Å². The minimum absolute atomic E-state index is 0.154. The normalized spacial score (nSPS) is 10.9. The molecule has 4 rings (SSSR count). The molecule has 198 valence electrons. The summed E-state index contributed by atoms with van der Waals surface area (Å²) in [5, 5.41) is 0. The second-order valence-corrected chi connectivity index (χ2v) is 8.94. The van der Waals surface area contributed by atoms with E-state index >= 15 is 8.78 Å². The van der Waals surface area contributed by atoms with E-state index in [0.717, 1.165) is 19.3 Å². The molecule has 0 aliphatic carbocycles. The fraction of sp³-hybridized carbons (Fsp3) is 0.250. The molecule has 0 saturated heterocycles. The molecule has 0 aliphatic rings. The first-order valence-electron chi connectivity index (χ1n) is 12.9. The van der Waals surface area contributed by atoms with Crippen molar-refractivity contribution in [3.63, 3.8) is 0 Å². The van der Waals surface area contributed by atoms with Gasteiger partial charge in [-0.05, 0) is 65.9 Å². The summed E-state index contributed by atoms with van der Waals surface area (Å²) in [5.41, 5.74) is 2.08. The fourth-order valence-electron chi connectivity index (χ4n) is 3.92. The minimum atomic E-state index is -0.917. The van der Waals surface area contributed by atoms with Crippen LogP contribution in [-0.2, 0) is 6.61 Å². The maximum atomic E-state index is 15.0. The third kappa shape index (κ3) is 6.68. The van der Waals surface area contributed by atoms with Gasteiger partial charge in [0.2, 0.25) is 0 Å². The predicted octanol–water partition coefficient (Wildman–Crippen LogP) is 8.98. The van der Waals surface area contributed by atoms with Crippen LogP contribution in [0.5, 0.6) is 17.2 Å². The maximum absolute atomic E-state index is 15.0. The molecule has 4 aromatic rings. The molecule has 0 saturated carbocycles. The van der Waals surface area contributed by atoms with Crippen molar-refractivity contribution < 1.29 is 27.4 Å². The predicted molar refractivity (Wildman–Crippen MR) is 144 cm³/mol. The van der Waals surface area contributed by atoms with Gasteiger partial charge >= 0.3 is 0 Å². The lowest BCUT2D eigenvalue weighted by Gasteiger charge is -2.12. The molecular weight excluding hydrogens is 489 g/mol. The molecule has 3 nitrogen and oxygen atoms in total. The van der Waals surface area contributed by atoms with Crippen LogP contribution in [0.3, 0.4) is 0 Å². The van der Waals surface area contributed by atoms with Crippen molar-refractivity contribution in [3.8, 4) is 39.5 Å². The van der Waals surface area contributed by atoms with E-state index < -0.39 is 17.5 Å². The zero-order valence-electron chi connectivity index (χ0n) is 21.6. The molecule has 0 N–H and O–H groups in total. The largest absolute Gasteiger partial charge is 0.494 e. The summed E-state index contributed by atoms with van der Waals surface area (Å²) in [7, 11) is 0. The van der Waals surface area contributed by atoms with Gasteiger partial charge in [-0.25, -0.2) is 13.2 Å². The SMILES string of the molecule is CCCCOc1ccc(COc2ccc(-c3ccc(-c4ccc(OCCC)cc4)c(F)c3F)cc2)cc1F. The lowest BCUT2D eigenvalue weighted by Crippen LogP contribution is -2.01. The van der Waals surface area contributed by atoms with E-state index in [9.17, 15) is 4.39 Å². The van der Waals surface area contributed by atoms with Gasteiger partial charge < -0.3 is 14.2 Å². The van der Waals surface area contributed by atoms with E-state index in [-0.39, 0.29) is 23.5 Å². The van der Waals surface area contributed by atoms with Crippen LogP contribution in [0.2, 0.25) is 0 Å². The van der Waals surface area contributed by atoms with Crippen LogP contribution < -0.4 is 14.2 Å². The molecule has 0 heterocycles. The molecule has 0 amide bonds. The summed E-state index contributed by atoms with van der Waals surface area (Å²) in [4.78, 5) is 0. The smallest absolute Gasteiger partial charge is 0.167 e. The Morgan fingerprint density at radius 1 is 0.579 bits per heavy atom. The van der Waals surface area contributed by atoms with E-state index in [1.165, 1.54) is 6.07 Å². The lowest BCUT2D eigenvalue weighted by molar-refractivity contribution is 0.290. The van der Waals surface area contributed by atoms with Crippen molar-refractivity contribution in [2.45, 2.75) is 39.7 Å². The molecule has 0 aliphatic heterocycles. The summed E-state index contributed by atoms with van der Waals surface area (Å²) in [6.45, 7) is 5.29. The first-order valence-corrected chi connectivity index (χ1v) is 12.9. The van der Waals surface area contributed by atoms with Crippen LogP contribution in [0.1, 0.15) is 38.7 Å². The lowest BCUT2D eigenvalue weighted by atomic mass is 9.98. The number of unbranched alkanes of at least 4 members (excludes halogenated alkanes) is 1. The Morgan fingerprint density at radius 2 is 1.16 bits per heavy atom. The van der Waals surface area contributed by atoms with E-state index in [4.69, 9.17) is 14.2 Å². The first kappa shape index (κ1) is 27.1. The molecule has 0 fully saturated rings. The van der Waals surface area contributed by atoms with Crippen molar-refractivity contribution in [2.24, 2.45) is 0 Å². The quantitative estimate of drug-likeness (QED) is 0.175. The monoisotopic (exact) mass is 520 g/mol. The van der Waals surface area contributed by atoms with E-state index in [1.54, 1.807) is 72.8 Å². The second-order valence-electron chi connectivity index (χ2n) is 8.94. The number of benzene rings is 4. The molecule has 0 aromatic heterocycles.